The van der Waals surface area contributed by atoms with Crippen LogP contribution in [-0.2, 0) is 5.54 Å². The molecule has 0 radical (unpaired) electrons. The molecule has 4 heteroatoms. The second-order valence-electron chi connectivity index (χ2n) is 4.81. The Morgan fingerprint density at radius 3 is 2.59 bits per heavy atom. The molecule has 0 amide bonds. The second kappa shape index (κ2) is 4.18. The molecule has 2 aliphatic rings. The zero-order valence-corrected chi connectivity index (χ0v) is 11.3. The first-order chi connectivity index (χ1) is 8.21. The van der Waals surface area contributed by atoms with Gasteiger partial charge < -0.3 is 15.2 Å². The van der Waals surface area contributed by atoms with Crippen LogP contribution in [0.25, 0.3) is 0 Å². The minimum Gasteiger partial charge on any atom is -0.490 e. The number of ether oxygens (including phenoxy) is 2. The summed E-state index contributed by atoms with van der Waals surface area (Å²) in [4.78, 5) is 0. The number of hydrogen-bond donors (Lipinski definition) is 1. The van der Waals surface area contributed by atoms with Crippen molar-refractivity contribution < 1.29 is 9.47 Å². The summed E-state index contributed by atoms with van der Waals surface area (Å²) in [5.41, 5.74) is 7.34. The predicted molar refractivity (Wildman–Crippen MR) is 69.5 cm³/mol. The summed E-state index contributed by atoms with van der Waals surface area (Å²) < 4.78 is 12.4. The molecule has 1 saturated carbocycles. The lowest BCUT2D eigenvalue weighted by Crippen LogP contribution is -2.43. The minimum absolute atomic E-state index is 0.177. The van der Waals surface area contributed by atoms with E-state index in [0.29, 0.717) is 13.2 Å². The van der Waals surface area contributed by atoms with Gasteiger partial charge in [-0.05, 0) is 46.8 Å². The summed E-state index contributed by atoms with van der Waals surface area (Å²) in [6.45, 7) is 1.42. The number of halogens is 1. The lowest BCUT2D eigenvalue weighted by atomic mass is 9.73. The number of hydrogen-bond acceptors (Lipinski definition) is 3. The van der Waals surface area contributed by atoms with Crippen molar-refractivity contribution in [3.63, 3.8) is 0 Å². The fourth-order valence-corrected chi connectivity index (χ4v) is 3.25. The van der Waals surface area contributed by atoms with Gasteiger partial charge in [-0.3, -0.25) is 0 Å². The summed E-state index contributed by atoms with van der Waals surface area (Å²) in [5, 5.41) is 0. The lowest BCUT2D eigenvalue weighted by Gasteiger charge is -2.39. The van der Waals surface area contributed by atoms with Crippen molar-refractivity contribution in [2.75, 3.05) is 13.2 Å². The van der Waals surface area contributed by atoms with Gasteiger partial charge >= 0.3 is 0 Å². The zero-order valence-electron chi connectivity index (χ0n) is 9.67. The third kappa shape index (κ3) is 1.83. The molecule has 92 valence electrons. The van der Waals surface area contributed by atoms with Crippen LogP contribution in [0.15, 0.2) is 16.6 Å². The third-order valence-electron chi connectivity index (χ3n) is 3.64. The molecule has 2 N–H and O–H groups in total. The molecule has 1 aromatic carbocycles. The van der Waals surface area contributed by atoms with Gasteiger partial charge in [-0.15, -0.1) is 0 Å². The summed E-state index contributed by atoms with van der Waals surface area (Å²) in [5.74, 6) is 1.64. The Kier molecular flexibility index (Phi) is 2.79. The molecule has 1 fully saturated rings. The van der Waals surface area contributed by atoms with E-state index >= 15 is 0 Å². The van der Waals surface area contributed by atoms with Gasteiger partial charge in [0.05, 0.1) is 17.7 Å². The average molecular weight is 298 g/mol. The molecule has 1 aliphatic heterocycles. The SMILES string of the molecule is NC1(c2ccc3c(c2Br)OCCCO3)CCC1. The van der Waals surface area contributed by atoms with Crippen LogP contribution in [0.2, 0.25) is 0 Å². The molecular formula is C13H16BrNO2. The monoisotopic (exact) mass is 297 g/mol. The van der Waals surface area contributed by atoms with E-state index in [9.17, 15) is 0 Å². The van der Waals surface area contributed by atoms with E-state index in [1.54, 1.807) is 0 Å². The maximum Gasteiger partial charge on any atom is 0.175 e. The Bertz CT molecular complexity index is 443. The van der Waals surface area contributed by atoms with Crippen molar-refractivity contribution in [3.05, 3.63) is 22.2 Å². The molecule has 0 atom stereocenters. The smallest absolute Gasteiger partial charge is 0.175 e. The Hall–Kier alpha value is -0.740. The van der Waals surface area contributed by atoms with Crippen LogP contribution in [0.5, 0.6) is 11.5 Å². The second-order valence-corrected chi connectivity index (χ2v) is 5.61. The number of fused-ring (bicyclic) bond motifs is 1. The van der Waals surface area contributed by atoms with Crippen molar-refractivity contribution in [2.45, 2.75) is 31.2 Å². The molecule has 17 heavy (non-hydrogen) atoms. The van der Waals surface area contributed by atoms with Gasteiger partial charge in [0.25, 0.3) is 0 Å². The zero-order chi connectivity index (χ0) is 11.9. The van der Waals surface area contributed by atoms with E-state index in [1.807, 2.05) is 6.07 Å². The molecule has 1 heterocycles. The van der Waals surface area contributed by atoms with Crippen LogP contribution < -0.4 is 15.2 Å². The molecule has 0 aromatic heterocycles. The highest BCUT2D eigenvalue weighted by Crippen LogP contribution is 2.47. The summed E-state index contributed by atoms with van der Waals surface area (Å²) >= 11 is 3.63. The Morgan fingerprint density at radius 1 is 1.12 bits per heavy atom. The van der Waals surface area contributed by atoms with Gasteiger partial charge in [0.2, 0.25) is 0 Å². The molecule has 0 bridgehead atoms. The van der Waals surface area contributed by atoms with Crippen molar-refractivity contribution in [1.82, 2.24) is 0 Å². The van der Waals surface area contributed by atoms with E-state index in [4.69, 9.17) is 15.2 Å². The summed E-state index contributed by atoms with van der Waals surface area (Å²) in [6.07, 6.45) is 4.22. The predicted octanol–water partition coefficient (Wildman–Crippen LogP) is 2.95. The Balaban J connectivity index is 2.04. The fraction of sp³-hybridized carbons (Fsp3) is 0.538. The first-order valence-corrected chi connectivity index (χ1v) is 6.87. The van der Waals surface area contributed by atoms with Gasteiger partial charge in [0, 0.05) is 12.0 Å². The maximum absolute atomic E-state index is 6.37. The first kappa shape index (κ1) is 11.4. The number of benzene rings is 1. The topological polar surface area (TPSA) is 44.5 Å². The lowest BCUT2D eigenvalue weighted by molar-refractivity contribution is 0.250. The van der Waals surface area contributed by atoms with E-state index < -0.39 is 0 Å². The third-order valence-corrected chi connectivity index (χ3v) is 4.42. The maximum atomic E-state index is 6.37. The molecule has 3 rings (SSSR count). The molecule has 1 aliphatic carbocycles. The van der Waals surface area contributed by atoms with Crippen LogP contribution >= 0.6 is 15.9 Å². The Morgan fingerprint density at radius 2 is 1.88 bits per heavy atom. The number of rotatable bonds is 1. The van der Waals surface area contributed by atoms with Crippen molar-refractivity contribution in [2.24, 2.45) is 5.73 Å². The molecule has 1 aromatic rings. The van der Waals surface area contributed by atoms with Crippen LogP contribution in [0.4, 0.5) is 0 Å². The van der Waals surface area contributed by atoms with Gasteiger partial charge in [0.1, 0.15) is 0 Å². The van der Waals surface area contributed by atoms with Gasteiger partial charge in [-0.1, -0.05) is 6.07 Å². The molecule has 3 nitrogen and oxygen atoms in total. The summed E-state index contributed by atoms with van der Waals surface area (Å²) in [6, 6.07) is 4.05. The molecule has 0 unspecified atom stereocenters. The number of nitrogens with two attached hydrogens (primary N) is 1. The first-order valence-electron chi connectivity index (χ1n) is 6.08. The standard InChI is InChI=1S/C13H16BrNO2/c14-11-9(13(15)5-1-6-13)3-4-10-12(11)17-8-2-7-16-10/h3-4H,1-2,5-8,15H2. The molecule has 0 spiro atoms. The van der Waals surface area contributed by atoms with Crippen LogP contribution in [0.3, 0.4) is 0 Å². The molecule has 0 saturated heterocycles. The van der Waals surface area contributed by atoms with E-state index in [2.05, 4.69) is 22.0 Å². The largest absolute Gasteiger partial charge is 0.490 e. The Labute approximate surface area is 109 Å². The highest BCUT2D eigenvalue weighted by molar-refractivity contribution is 9.10. The summed E-state index contributed by atoms with van der Waals surface area (Å²) in [7, 11) is 0. The van der Waals surface area contributed by atoms with Crippen molar-refractivity contribution in [3.8, 4) is 11.5 Å². The quantitative estimate of drug-likeness (QED) is 0.867. The normalized spacial score (nSPS) is 21.5. The van der Waals surface area contributed by atoms with Crippen molar-refractivity contribution in [1.29, 1.82) is 0 Å². The highest BCUT2D eigenvalue weighted by atomic mass is 79.9. The van der Waals surface area contributed by atoms with Crippen molar-refractivity contribution >= 4 is 15.9 Å². The van der Waals surface area contributed by atoms with E-state index in [0.717, 1.165) is 40.8 Å². The van der Waals surface area contributed by atoms with Crippen LogP contribution in [0.1, 0.15) is 31.2 Å². The minimum atomic E-state index is -0.177. The van der Waals surface area contributed by atoms with Crippen LogP contribution in [0, 0.1) is 0 Å². The van der Waals surface area contributed by atoms with E-state index in [1.165, 1.54) is 6.42 Å². The fourth-order valence-electron chi connectivity index (χ4n) is 2.41. The average Bonchev–Trinajstić information content (AvgIpc) is 2.52. The van der Waals surface area contributed by atoms with Gasteiger partial charge in [-0.2, -0.15) is 0 Å². The van der Waals surface area contributed by atoms with Gasteiger partial charge in [-0.25, -0.2) is 0 Å². The van der Waals surface area contributed by atoms with E-state index in [-0.39, 0.29) is 5.54 Å². The molecular weight excluding hydrogens is 282 g/mol. The highest BCUT2D eigenvalue weighted by Gasteiger charge is 2.37. The van der Waals surface area contributed by atoms with Crippen LogP contribution in [-0.4, -0.2) is 13.2 Å². The van der Waals surface area contributed by atoms with Gasteiger partial charge in [0.15, 0.2) is 11.5 Å².